The first kappa shape index (κ1) is 37.2. The van der Waals surface area contributed by atoms with Crippen LogP contribution in [0.5, 0.6) is 0 Å². The Morgan fingerprint density at radius 1 is 0.469 bits per heavy atom. The van der Waals surface area contributed by atoms with Gasteiger partial charge in [-0.2, -0.15) is 0 Å². The Hall–Kier alpha value is -1.53. The van der Waals surface area contributed by atoms with Crippen LogP contribution >= 0.6 is 7.26 Å². The molecule has 2 aromatic rings. The predicted molar refractivity (Wildman–Crippen MR) is 220 cm³/mol. The van der Waals surface area contributed by atoms with Gasteiger partial charge in [-0.05, 0) is 123 Å². The maximum Gasteiger partial charge on any atom is 0.136 e. The van der Waals surface area contributed by atoms with Crippen LogP contribution in [0.1, 0.15) is 198 Å². The van der Waals surface area contributed by atoms with E-state index in [0.29, 0.717) is 29.8 Å². The average molecular weight is 686 g/mol. The fourth-order valence-electron chi connectivity index (χ4n) is 11.4. The molecule has 0 bridgehead atoms. The summed E-state index contributed by atoms with van der Waals surface area (Å²) in [7, 11) is -1.33. The minimum absolute atomic E-state index is 0.453. The van der Waals surface area contributed by atoms with Crippen LogP contribution in [0, 0.1) is 0 Å². The Labute approximate surface area is 303 Å². The summed E-state index contributed by atoms with van der Waals surface area (Å²) in [6, 6.07) is 14.7. The average Bonchev–Trinajstić information content (AvgIpc) is 3.53. The second-order valence-corrected chi connectivity index (χ2v) is 22.7. The van der Waals surface area contributed by atoms with Gasteiger partial charge in [-0.25, -0.2) is 0 Å². The van der Waals surface area contributed by atoms with Crippen LogP contribution in [0.4, 0.5) is 11.4 Å². The number of hydrogen-bond acceptors (Lipinski definition) is 2. The highest BCUT2D eigenvalue weighted by Crippen LogP contribution is 2.78. The van der Waals surface area contributed by atoms with E-state index in [1.165, 1.54) is 102 Å². The van der Waals surface area contributed by atoms with Crippen molar-refractivity contribution in [2.45, 2.75) is 199 Å². The third kappa shape index (κ3) is 7.53. The Morgan fingerprint density at radius 3 is 1.02 bits per heavy atom. The van der Waals surface area contributed by atoms with Crippen molar-refractivity contribution in [1.82, 2.24) is 0 Å². The summed E-state index contributed by atoms with van der Waals surface area (Å²) in [4.78, 5) is 6.10. The second kappa shape index (κ2) is 16.4. The molecule has 0 spiro atoms. The number of hydrogen-bond donors (Lipinski definition) is 0. The first-order valence-corrected chi connectivity index (χ1v) is 23.5. The van der Waals surface area contributed by atoms with E-state index in [9.17, 15) is 0 Å². The van der Waals surface area contributed by atoms with E-state index in [0.717, 1.165) is 30.1 Å². The summed E-state index contributed by atoms with van der Waals surface area (Å²) >= 11 is 0. The molecule has 1 heterocycles. The monoisotopic (exact) mass is 686 g/mol. The maximum absolute atomic E-state index is 3.05. The van der Waals surface area contributed by atoms with Crippen molar-refractivity contribution >= 4 is 18.6 Å². The number of rotatable bonds is 11. The first-order valence-electron chi connectivity index (χ1n) is 21.3. The third-order valence-corrected chi connectivity index (χ3v) is 20.4. The largest absolute Gasteiger partial charge is 0.346 e. The molecule has 0 amide bonds. The third-order valence-electron chi connectivity index (χ3n) is 13.8. The molecular weight excluding hydrogens is 611 g/mol. The lowest BCUT2D eigenvalue weighted by molar-refractivity contribution is 0.448. The van der Waals surface area contributed by atoms with E-state index < -0.39 is 7.26 Å². The predicted octanol–water partition coefficient (Wildman–Crippen LogP) is 13.8. The molecule has 0 radical (unpaired) electrons. The fraction of sp³-hybridized carbons (Fsp3) is 0.739. The van der Waals surface area contributed by atoms with E-state index in [1.807, 2.05) is 0 Å². The lowest BCUT2D eigenvalue weighted by atomic mass is 9.91. The van der Waals surface area contributed by atoms with Crippen molar-refractivity contribution in [1.29, 1.82) is 0 Å². The van der Waals surface area contributed by atoms with Gasteiger partial charge in [-0.3, -0.25) is 0 Å². The lowest BCUT2D eigenvalue weighted by Gasteiger charge is -2.51. The van der Waals surface area contributed by atoms with Crippen LogP contribution in [0.15, 0.2) is 36.4 Å². The Bertz CT molecular complexity index is 1170. The smallest absolute Gasteiger partial charge is 0.136 e. The molecular formula is C46H74N2P+. The van der Waals surface area contributed by atoms with E-state index in [1.54, 1.807) is 33.6 Å². The molecule has 1 saturated heterocycles. The van der Waals surface area contributed by atoms with Crippen LogP contribution < -0.4 is 9.80 Å². The fourth-order valence-corrected chi connectivity index (χ4v) is 19.0. The van der Waals surface area contributed by atoms with Gasteiger partial charge in [-0.15, -0.1) is 0 Å². The van der Waals surface area contributed by atoms with Crippen LogP contribution in [-0.4, -0.2) is 42.4 Å². The molecule has 3 saturated carbocycles. The number of benzene rings is 2. The molecule has 4 fully saturated rings. The number of para-hydroxylation sites is 2. The van der Waals surface area contributed by atoms with Gasteiger partial charge in [0, 0.05) is 31.7 Å². The van der Waals surface area contributed by atoms with Gasteiger partial charge in [0.15, 0.2) is 0 Å². The van der Waals surface area contributed by atoms with Crippen molar-refractivity contribution in [2.75, 3.05) is 29.1 Å². The Morgan fingerprint density at radius 2 is 0.755 bits per heavy atom. The zero-order valence-electron chi connectivity index (χ0n) is 33.2. The summed E-state index contributed by atoms with van der Waals surface area (Å²) in [5.74, 6) is 2.08. The van der Waals surface area contributed by atoms with Crippen molar-refractivity contribution < 1.29 is 0 Å². The van der Waals surface area contributed by atoms with Crippen molar-refractivity contribution in [3.05, 3.63) is 58.7 Å². The molecule has 4 aliphatic rings. The van der Waals surface area contributed by atoms with Crippen molar-refractivity contribution in [2.24, 2.45) is 0 Å². The molecule has 3 heteroatoms. The highest BCUT2D eigenvalue weighted by atomic mass is 31.2. The molecule has 2 aromatic carbocycles. The summed E-state index contributed by atoms with van der Waals surface area (Å²) in [5, 5.41) is 0. The van der Waals surface area contributed by atoms with E-state index in [4.69, 9.17) is 0 Å². The Balaban J connectivity index is 1.59. The quantitative estimate of drug-likeness (QED) is 0.217. The summed E-state index contributed by atoms with van der Waals surface area (Å²) in [6.07, 6.45) is 24.5. The maximum atomic E-state index is 3.05. The normalized spacial score (nSPS) is 21.3. The van der Waals surface area contributed by atoms with Crippen LogP contribution in [0.2, 0.25) is 0 Å². The zero-order valence-corrected chi connectivity index (χ0v) is 34.0. The molecule has 6 rings (SSSR count). The van der Waals surface area contributed by atoms with Gasteiger partial charge in [-0.1, -0.05) is 111 Å². The molecule has 49 heavy (non-hydrogen) atoms. The number of anilines is 2. The molecule has 0 unspecified atom stereocenters. The molecule has 3 aliphatic carbocycles. The first-order chi connectivity index (χ1) is 23.6. The summed E-state index contributed by atoms with van der Waals surface area (Å²) < 4.78 is 0. The van der Waals surface area contributed by atoms with Gasteiger partial charge in [0.2, 0.25) is 0 Å². The van der Waals surface area contributed by atoms with E-state index >= 15 is 0 Å². The van der Waals surface area contributed by atoms with Gasteiger partial charge in [0.1, 0.15) is 6.17 Å². The van der Waals surface area contributed by atoms with Crippen LogP contribution in [-0.2, 0) is 0 Å². The minimum Gasteiger partial charge on any atom is -0.346 e. The summed E-state index contributed by atoms with van der Waals surface area (Å²) in [5.41, 5.74) is 12.6. The Kier molecular flexibility index (Phi) is 12.5. The zero-order chi connectivity index (χ0) is 34.7. The minimum atomic E-state index is -1.33. The van der Waals surface area contributed by atoms with Gasteiger partial charge in [0.25, 0.3) is 0 Å². The van der Waals surface area contributed by atoms with E-state index in [-0.39, 0.29) is 0 Å². The van der Waals surface area contributed by atoms with Crippen LogP contribution in [0.3, 0.4) is 0 Å². The lowest BCUT2D eigenvalue weighted by Crippen LogP contribution is -2.49. The topological polar surface area (TPSA) is 6.48 Å². The molecule has 272 valence electrons. The molecule has 1 aliphatic heterocycles. The van der Waals surface area contributed by atoms with Gasteiger partial charge >= 0.3 is 0 Å². The second-order valence-electron chi connectivity index (χ2n) is 18.1. The molecule has 0 aromatic heterocycles. The van der Waals surface area contributed by atoms with Gasteiger partial charge in [0.05, 0.1) is 23.1 Å². The molecule has 0 atom stereocenters. The molecule has 0 N–H and O–H groups in total. The highest BCUT2D eigenvalue weighted by Gasteiger charge is 2.60. The van der Waals surface area contributed by atoms with E-state index in [2.05, 4.69) is 102 Å². The molecule has 2 nitrogen and oxygen atoms in total. The standard InChI is InChI=1S/C46H74N2P/c1-33(2)40-26-18-27-41(34(3)4)45(40)47-30-31-48(46-42(35(5)6)28-19-29-43(46)36(7)8)44(47)32-49(37-20-12-9-13-21-37,38-22-14-10-15-23-38)39-24-16-11-17-25-39/h18-19,26-29,33-39,44H,9-17,20-25,30-32H2,1-8H3/q+1. The van der Waals surface area contributed by atoms with Crippen molar-refractivity contribution in [3.63, 3.8) is 0 Å². The van der Waals surface area contributed by atoms with Gasteiger partial charge < -0.3 is 9.80 Å². The highest BCUT2D eigenvalue weighted by molar-refractivity contribution is 7.78. The SMILES string of the molecule is CC(C)c1cccc(C(C)C)c1N1CCN(c2c(C(C)C)cccc2C(C)C)C1C[P+](C1CCCCC1)(C1CCCCC1)C1CCCCC1. The number of nitrogens with zero attached hydrogens (tertiary/aromatic N) is 2. The van der Waals surface area contributed by atoms with Crippen LogP contribution in [0.25, 0.3) is 0 Å². The van der Waals surface area contributed by atoms with Crippen molar-refractivity contribution in [3.8, 4) is 0 Å². The summed E-state index contributed by atoms with van der Waals surface area (Å²) in [6.45, 7) is 21.9.